The number of ether oxygens (including phenoxy) is 1. The third kappa shape index (κ3) is 6.26. The van der Waals surface area contributed by atoms with Crippen molar-refractivity contribution >= 4 is 35.8 Å². The fraction of sp³-hybridized carbons (Fsp3) is 0.600. The number of piperidine rings is 1. The van der Waals surface area contributed by atoms with Crippen molar-refractivity contribution in [1.82, 2.24) is 15.5 Å². The summed E-state index contributed by atoms with van der Waals surface area (Å²) in [7, 11) is 0. The minimum atomic E-state index is -0.570. The lowest BCUT2D eigenvalue weighted by Gasteiger charge is -2.34. The number of hydrogen-bond acceptors (Lipinski definition) is 4. The number of amides is 2. The molecule has 0 aliphatic carbocycles. The number of carbonyl (C=O) groups excluding carboxylic acids is 2. The summed E-state index contributed by atoms with van der Waals surface area (Å²) in [5.41, 5.74) is 0. The molecular formula is C20H29Cl2N3O3. The van der Waals surface area contributed by atoms with Crippen molar-refractivity contribution in [3.8, 4) is 5.75 Å². The highest BCUT2D eigenvalue weighted by Gasteiger charge is 2.29. The van der Waals surface area contributed by atoms with E-state index >= 15 is 0 Å². The Morgan fingerprint density at radius 2 is 2.18 bits per heavy atom. The Kier molecular flexibility index (Phi) is 8.86. The van der Waals surface area contributed by atoms with E-state index in [0.717, 1.165) is 38.8 Å². The van der Waals surface area contributed by atoms with Gasteiger partial charge >= 0.3 is 0 Å². The van der Waals surface area contributed by atoms with Crippen molar-refractivity contribution in [3.63, 3.8) is 0 Å². The molecule has 0 aromatic heterocycles. The van der Waals surface area contributed by atoms with Gasteiger partial charge in [0.05, 0.1) is 6.04 Å². The van der Waals surface area contributed by atoms with Gasteiger partial charge in [-0.25, -0.2) is 0 Å². The summed E-state index contributed by atoms with van der Waals surface area (Å²) in [6, 6.07) is 7.01. The lowest BCUT2D eigenvalue weighted by atomic mass is 9.97. The van der Waals surface area contributed by atoms with Crippen LogP contribution in [0.15, 0.2) is 24.3 Å². The van der Waals surface area contributed by atoms with E-state index in [2.05, 4.69) is 10.6 Å². The summed E-state index contributed by atoms with van der Waals surface area (Å²) in [5, 5.41) is 6.84. The van der Waals surface area contributed by atoms with E-state index in [1.807, 2.05) is 4.90 Å². The van der Waals surface area contributed by atoms with Crippen LogP contribution in [0.1, 0.15) is 32.6 Å². The summed E-state index contributed by atoms with van der Waals surface area (Å²) in [4.78, 5) is 26.8. The van der Waals surface area contributed by atoms with Gasteiger partial charge in [-0.3, -0.25) is 9.59 Å². The average Bonchev–Trinajstić information content (AvgIpc) is 3.20. The zero-order valence-electron chi connectivity index (χ0n) is 16.2. The molecule has 6 nitrogen and oxygen atoms in total. The van der Waals surface area contributed by atoms with E-state index in [9.17, 15) is 9.59 Å². The summed E-state index contributed by atoms with van der Waals surface area (Å²) in [6.45, 7) is 4.68. The molecule has 0 radical (unpaired) electrons. The van der Waals surface area contributed by atoms with Crippen LogP contribution in [-0.4, -0.2) is 55.0 Å². The second-order valence-corrected chi connectivity index (χ2v) is 7.84. The Bertz CT molecular complexity index is 668. The number of hydrogen-bond donors (Lipinski definition) is 2. The molecule has 3 rings (SSSR count). The van der Waals surface area contributed by atoms with E-state index in [1.54, 1.807) is 31.2 Å². The summed E-state index contributed by atoms with van der Waals surface area (Å²) >= 11 is 5.97. The lowest BCUT2D eigenvalue weighted by Crippen LogP contribution is -2.49. The van der Waals surface area contributed by atoms with Crippen LogP contribution in [0.25, 0.3) is 0 Å². The first-order valence-corrected chi connectivity index (χ1v) is 10.1. The molecule has 2 saturated heterocycles. The third-order valence-electron chi connectivity index (χ3n) is 5.23. The molecule has 2 heterocycles. The maximum absolute atomic E-state index is 12.8. The van der Waals surface area contributed by atoms with Crippen molar-refractivity contribution in [3.05, 3.63) is 29.3 Å². The number of rotatable bonds is 6. The molecule has 0 bridgehead atoms. The fourth-order valence-corrected chi connectivity index (χ4v) is 3.94. The van der Waals surface area contributed by atoms with Crippen molar-refractivity contribution in [2.45, 2.75) is 44.8 Å². The van der Waals surface area contributed by atoms with E-state index in [1.165, 1.54) is 0 Å². The molecule has 2 N–H and O–H groups in total. The number of carbonyl (C=O) groups is 2. The maximum Gasteiger partial charge on any atom is 0.263 e. The number of halogens is 2. The lowest BCUT2D eigenvalue weighted by molar-refractivity contribution is -0.139. The molecule has 8 heteroatoms. The van der Waals surface area contributed by atoms with E-state index < -0.39 is 6.10 Å². The van der Waals surface area contributed by atoms with Crippen LogP contribution in [0.4, 0.5) is 0 Å². The monoisotopic (exact) mass is 429 g/mol. The maximum atomic E-state index is 12.8. The highest BCUT2D eigenvalue weighted by atomic mass is 35.5. The Labute approximate surface area is 177 Å². The van der Waals surface area contributed by atoms with Gasteiger partial charge in [-0.15, -0.1) is 12.4 Å². The number of nitrogens with one attached hydrogen (secondary N) is 2. The SMILES string of the molecule is CC(Oc1cccc(Cl)c1)C(=O)N1CCCC(CNC(=O)C2CCCN2)C1.Cl. The third-order valence-corrected chi connectivity index (χ3v) is 5.46. The Morgan fingerprint density at radius 3 is 2.89 bits per heavy atom. The van der Waals surface area contributed by atoms with E-state index in [-0.39, 0.29) is 36.2 Å². The second kappa shape index (κ2) is 10.9. The summed E-state index contributed by atoms with van der Waals surface area (Å²) in [6.07, 6.45) is 3.34. The fourth-order valence-electron chi connectivity index (χ4n) is 3.76. The zero-order valence-corrected chi connectivity index (χ0v) is 17.7. The number of likely N-dealkylation sites (tertiary alicyclic amines) is 1. The molecule has 0 spiro atoms. The molecule has 0 saturated carbocycles. The van der Waals surface area contributed by atoms with Gasteiger partial charge in [0, 0.05) is 24.7 Å². The van der Waals surface area contributed by atoms with Crippen molar-refractivity contribution in [2.75, 3.05) is 26.2 Å². The number of benzene rings is 1. The Balaban J connectivity index is 0.00000280. The predicted octanol–water partition coefficient (Wildman–Crippen LogP) is 2.64. The van der Waals surface area contributed by atoms with Gasteiger partial charge < -0.3 is 20.3 Å². The number of nitrogens with zero attached hydrogens (tertiary/aromatic N) is 1. The molecular weight excluding hydrogens is 401 g/mol. The topological polar surface area (TPSA) is 70.7 Å². The smallest absolute Gasteiger partial charge is 0.263 e. The van der Waals surface area contributed by atoms with Gasteiger partial charge in [0.25, 0.3) is 5.91 Å². The second-order valence-electron chi connectivity index (χ2n) is 7.40. The van der Waals surface area contributed by atoms with Crippen molar-refractivity contribution in [2.24, 2.45) is 5.92 Å². The molecule has 1 aromatic rings. The van der Waals surface area contributed by atoms with E-state index in [0.29, 0.717) is 23.9 Å². The van der Waals surface area contributed by atoms with Gasteiger partial charge in [0.15, 0.2) is 6.10 Å². The van der Waals surface area contributed by atoms with Crippen molar-refractivity contribution < 1.29 is 14.3 Å². The normalized spacial score (nSPS) is 22.9. The van der Waals surface area contributed by atoms with Crippen LogP contribution in [0.5, 0.6) is 5.75 Å². The minimum Gasteiger partial charge on any atom is -0.481 e. The van der Waals surface area contributed by atoms with E-state index in [4.69, 9.17) is 16.3 Å². The standard InChI is InChI=1S/C20H28ClN3O3.ClH/c1-14(27-17-7-2-6-16(21)11-17)20(26)24-10-4-5-15(13-24)12-23-19(25)18-8-3-9-22-18;/h2,6-7,11,14-15,18,22H,3-5,8-10,12-13H2,1H3,(H,23,25);1H. The average molecular weight is 430 g/mol. The van der Waals surface area contributed by atoms with Gasteiger partial charge in [0.2, 0.25) is 5.91 Å². The molecule has 2 amide bonds. The molecule has 1 aromatic carbocycles. The first kappa shape index (κ1) is 22.8. The van der Waals surface area contributed by atoms with Crippen LogP contribution in [0.2, 0.25) is 5.02 Å². The molecule has 2 aliphatic rings. The van der Waals surface area contributed by atoms with Crippen LogP contribution < -0.4 is 15.4 Å². The molecule has 3 unspecified atom stereocenters. The molecule has 156 valence electrons. The van der Waals surface area contributed by atoms with Gasteiger partial charge in [0.1, 0.15) is 5.75 Å². The minimum absolute atomic E-state index is 0. The van der Waals surface area contributed by atoms with Gasteiger partial charge in [-0.2, -0.15) is 0 Å². The van der Waals surface area contributed by atoms with Gasteiger partial charge in [-0.05, 0) is 63.3 Å². The first-order valence-electron chi connectivity index (χ1n) is 9.75. The highest BCUT2D eigenvalue weighted by Crippen LogP contribution is 2.21. The Morgan fingerprint density at radius 1 is 1.36 bits per heavy atom. The highest BCUT2D eigenvalue weighted by molar-refractivity contribution is 6.30. The van der Waals surface area contributed by atoms with Crippen LogP contribution in [-0.2, 0) is 9.59 Å². The molecule has 2 fully saturated rings. The summed E-state index contributed by atoms with van der Waals surface area (Å²) < 4.78 is 5.76. The van der Waals surface area contributed by atoms with Gasteiger partial charge in [-0.1, -0.05) is 17.7 Å². The summed E-state index contributed by atoms with van der Waals surface area (Å²) in [5.74, 6) is 0.928. The first-order chi connectivity index (χ1) is 13.0. The predicted molar refractivity (Wildman–Crippen MR) is 112 cm³/mol. The quantitative estimate of drug-likeness (QED) is 0.728. The molecule has 3 atom stereocenters. The molecule has 2 aliphatic heterocycles. The van der Waals surface area contributed by atoms with Crippen molar-refractivity contribution in [1.29, 1.82) is 0 Å². The van der Waals surface area contributed by atoms with Crippen LogP contribution >= 0.6 is 24.0 Å². The zero-order chi connectivity index (χ0) is 19.2. The Hall–Kier alpha value is -1.50. The van der Waals surface area contributed by atoms with Crippen LogP contribution in [0.3, 0.4) is 0 Å². The largest absolute Gasteiger partial charge is 0.481 e. The molecule has 28 heavy (non-hydrogen) atoms. The van der Waals surface area contributed by atoms with Crippen LogP contribution in [0, 0.1) is 5.92 Å².